The summed E-state index contributed by atoms with van der Waals surface area (Å²) in [5.41, 5.74) is 0. The van der Waals surface area contributed by atoms with Crippen LogP contribution in [0.2, 0.25) is 0 Å². The van der Waals surface area contributed by atoms with Gasteiger partial charge >= 0.3 is 90.4 Å². The molecule has 0 aromatic carbocycles. The number of hydrogen-bond acceptors (Lipinski definition) is 5. The van der Waals surface area contributed by atoms with Crippen LogP contribution >= 0.6 is 0 Å². The first-order chi connectivity index (χ1) is 4.00. The summed E-state index contributed by atoms with van der Waals surface area (Å²) in [6, 6.07) is 0. The van der Waals surface area contributed by atoms with Gasteiger partial charge in [-0.3, -0.25) is 9.11 Å². The molecule has 0 fully saturated rings. The Morgan fingerprint density at radius 2 is 1.00 bits per heavy atom. The Kier molecular flexibility index (Phi) is 18.6. The van der Waals surface area contributed by atoms with E-state index in [1.165, 1.54) is 0 Å². The molecule has 0 aliphatic carbocycles. The average Bonchev–Trinajstić information content (AvgIpc) is 1.12. The first-order valence-corrected chi connectivity index (χ1v) is 4.70. The van der Waals surface area contributed by atoms with E-state index in [1.807, 2.05) is 0 Å². The van der Waals surface area contributed by atoms with Crippen molar-refractivity contribution in [3.63, 3.8) is 0 Å². The van der Waals surface area contributed by atoms with Gasteiger partial charge in [0.05, 0.1) is 0 Å². The van der Waals surface area contributed by atoms with Gasteiger partial charge in [0.15, 0.2) is 0 Å². The van der Waals surface area contributed by atoms with Crippen LogP contribution < -0.4 is 0 Å². The van der Waals surface area contributed by atoms with Crippen molar-refractivity contribution in [1.29, 1.82) is 0 Å². The van der Waals surface area contributed by atoms with Crippen LogP contribution in [0.15, 0.2) is 0 Å². The second kappa shape index (κ2) is 9.46. The molecular weight excluding hydrogens is 309 g/mol. The standard InChI is InChI=1S/K.2Mn.H2O4S.H2O.3O.H/c;;;1-5(2,3)4;;;;;/h;;;(H2,1,2,3,4);1H2;;;;/q;;+1;;;;;;/p-1. The summed E-state index contributed by atoms with van der Waals surface area (Å²) < 4.78 is 64.6. The van der Waals surface area contributed by atoms with Crippen LogP contribution in [-0.4, -0.2) is 73.1 Å². The Morgan fingerprint density at radius 1 is 1.00 bits per heavy atom. The van der Waals surface area contributed by atoms with Crippen LogP contribution in [0.25, 0.3) is 0 Å². The van der Waals surface area contributed by atoms with E-state index < -0.39 is 23.4 Å². The van der Waals surface area contributed by atoms with Crippen LogP contribution in [0.5, 0.6) is 0 Å². The predicted molar refractivity (Wildman–Crippen MR) is 25.6 cm³/mol. The Morgan fingerprint density at radius 3 is 1.00 bits per heavy atom. The minimum atomic E-state index is -5.38. The minimum absolute atomic E-state index is 0. The van der Waals surface area contributed by atoms with Gasteiger partial charge in [-0.05, 0) is 0 Å². The van der Waals surface area contributed by atoms with Gasteiger partial charge in [0.25, 0.3) is 0 Å². The van der Waals surface area contributed by atoms with Crippen LogP contribution in [0.3, 0.4) is 0 Å². The molecule has 0 bridgehead atoms. The second-order valence-electron chi connectivity index (χ2n) is 0.844. The molecule has 1 radical (unpaired) electrons. The van der Waals surface area contributed by atoms with Crippen molar-refractivity contribution >= 4 is 61.8 Å². The summed E-state index contributed by atoms with van der Waals surface area (Å²) in [6.07, 6.45) is 0. The van der Waals surface area contributed by atoms with Crippen LogP contribution in [0, 0.1) is 0 Å². The van der Waals surface area contributed by atoms with E-state index in [4.69, 9.17) is 33.2 Å². The van der Waals surface area contributed by atoms with Gasteiger partial charge in [0, 0.05) is 17.1 Å². The monoisotopic (exact) mass is 313 g/mol. The molecule has 0 spiro atoms. The van der Waals surface area contributed by atoms with E-state index in [1.54, 1.807) is 0 Å². The van der Waals surface area contributed by atoms with Gasteiger partial charge in [-0.15, -0.1) is 0 Å². The van der Waals surface area contributed by atoms with Crippen molar-refractivity contribution in [1.82, 2.24) is 0 Å². The number of rotatable bonds is 0. The van der Waals surface area contributed by atoms with Gasteiger partial charge in [-0.25, -0.2) is 0 Å². The fourth-order valence-electron chi connectivity index (χ4n) is 0. The van der Waals surface area contributed by atoms with E-state index in [0.29, 0.717) is 0 Å². The molecule has 0 saturated heterocycles. The summed E-state index contributed by atoms with van der Waals surface area (Å²) in [7, 11) is -4.67. The molecule has 3 N–H and O–H groups in total. The fourth-order valence-corrected chi connectivity index (χ4v) is 0. The molecule has 73 valence electrons. The van der Waals surface area contributed by atoms with Gasteiger partial charge in [0.2, 0.25) is 0 Å². The molecule has 0 heterocycles. The molecule has 0 rings (SSSR count). The SMILES string of the molecule is O=S(=O)(O)O.[KH].[Mn].[O]=[Mn](=[O])(=[O])[OH]. The quantitative estimate of drug-likeness (QED) is 0.337. The zero-order valence-corrected chi connectivity index (χ0v) is 7.72. The summed E-state index contributed by atoms with van der Waals surface area (Å²) in [5.74, 6) is 0. The third kappa shape index (κ3) is 390. The van der Waals surface area contributed by atoms with E-state index in [-0.39, 0.29) is 68.5 Å². The normalized spacial score (nSPS) is 9.58. The third-order valence-corrected chi connectivity index (χ3v) is 0. The van der Waals surface area contributed by atoms with Crippen molar-refractivity contribution < 1.29 is 63.3 Å². The summed E-state index contributed by atoms with van der Waals surface area (Å²) >= 11 is -5.38. The predicted octanol–water partition coefficient (Wildman–Crippen LogP) is -2.22. The molecule has 12 heteroatoms. The summed E-state index contributed by atoms with van der Waals surface area (Å²) in [5, 5.41) is 0. The average molecular weight is 313 g/mol. The van der Waals surface area contributed by atoms with Crippen LogP contribution in [0.4, 0.5) is 0 Å². The molecule has 8 nitrogen and oxygen atoms in total. The van der Waals surface area contributed by atoms with Crippen LogP contribution in [-0.2, 0) is 51.9 Å². The number of hydrogen-bond donors (Lipinski definition) is 3. The van der Waals surface area contributed by atoms with E-state index in [9.17, 15) is 0 Å². The molecule has 0 aliphatic heterocycles. The zero-order valence-electron chi connectivity index (χ0n) is 4.55. The van der Waals surface area contributed by atoms with E-state index in [0.717, 1.165) is 0 Å². The van der Waals surface area contributed by atoms with Crippen LogP contribution in [0.1, 0.15) is 0 Å². The molecule has 0 aromatic heterocycles. The van der Waals surface area contributed by atoms with Crippen molar-refractivity contribution in [3.05, 3.63) is 0 Å². The molecule has 0 aromatic rings. The maximum absolute atomic E-state index is 8.74. The van der Waals surface area contributed by atoms with E-state index >= 15 is 0 Å². The first kappa shape index (κ1) is 23.6. The molecule has 0 atom stereocenters. The molecule has 12 heavy (non-hydrogen) atoms. The molecule has 0 saturated carbocycles. The third-order valence-electron chi connectivity index (χ3n) is 0. The molecule has 0 amide bonds. The molecular formula is H4KMn2O8S. The maximum atomic E-state index is 8.74. The Balaban J connectivity index is -0.0000000457. The Hall–Kier alpha value is 1.91. The van der Waals surface area contributed by atoms with Crippen molar-refractivity contribution in [2.24, 2.45) is 0 Å². The van der Waals surface area contributed by atoms with E-state index in [2.05, 4.69) is 0 Å². The topological polar surface area (TPSA) is 146 Å². The Bertz CT molecular complexity index is 292. The van der Waals surface area contributed by atoms with Gasteiger partial charge in [-0.1, -0.05) is 0 Å². The molecule has 0 aliphatic rings. The van der Waals surface area contributed by atoms with Crippen molar-refractivity contribution in [3.8, 4) is 0 Å². The van der Waals surface area contributed by atoms with Gasteiger partial charge < -0.3 is 0 Å². The van der Waals surface area contributed by atoms with Gasteiger partial charge in [0.1, 0.15) is 0 Å². The second-order valence-corrected chi connectivity index (χ2v) is 2.98. The summed E-state index contributed by atoms with van der Waals surface area (Å²) in [6.45, 7) is 0. The Labute approximate surface area is 123 Å². The first-order valence-electron chi connectivity index (χ1n) is 1.33. The van der Waals surface area contributed by atoms with Crippen molar-refractivity contribution in [2.45, 2.75) is 0 Å². The zero-order chi connectivity index (χ0) is 9.00. The van der Waals surface area contributed by atoms with Crippen molar-refractivity contribution in [2.75, 3.05) is 0 Å². The summed E-state index contributed by atoms with van der Waals surface area (Å²) in [4.78, 5) is 0. The fraction of sp³-hybridized carbons (Fsp3) is 0. The van der Waals surface area contributed by atoms with Gasteiger partial charge in [-0.2, -0.15) is 8.42 Å². The molecule has 0 unspecified atom stereocenters.